The Kier molecular flexibility index (Phi) is 3.83. The maximum absolute atomic E-state index is 5.54. The molecule has 0 spiro atoms. The SMILES string of the molecule is CCOc1cccc(C(NC)C2CCC2)c1. The summed E-state index contributed by atoms with van der Waals surface area (Å²) < 4.78 is 5.54. The van der Waals surface area contributed by atoms with Crippen LogP contribution in [0.3, 0.4) is 0 Å². The van der Waals surface area contributed by atoms with Gasteiger partial charge in [-0.3, -0.25) is 0 Å². The Morgan fingerprint density at radius 2 is 2.25 bits per heavy atom. The second-order valence-electron chi connectivity index (χ2n) is 4.46. The fraction of sp³-hybridized carbons (Fsp3) is 0.571. The molecule has 0 aliphatic heterocycles. The van der Waals surface area contributed by atoms with Gasteiger partial charge in [0.25, 0.3) is 0 Å². The topological polar surface area (TPSA) is 21.3 Å². The molecule has 0 bridgehead atoms. The summed E-state index contributed by atoms with van der Waals surface area (Å²) in [5.41, 5.74) is 1.36. The third kappa shape index (κ3) is 2.38. The maximum atomic E-state index is 5.54. The molecule has 1 aromatic carbocycles. The predicted molar refractivity (Wildman–Crippen MR) is 66.8 cm³/mol. The van der Waals surface area contributed by atoms with Crippen LogP contribution >= 0.6 is 0 Å². The summed E-state index contributed by atoms with van der Waals surface area (Å²) >= 11 is 0. The lowest BCUT2D eigenvalue weighted by Gasteiger charge is -2.34. The summed E-state index contributed by atoms with van der Waals surface area (Å²) in [6.07, 6.45) is 4.09. The van der Waals surface area contributed by atoms with Crippen molar-refractivity contribution in [2.75, 3.05) is 13.7 Å². The van der Waals surface area contributed by atoms with Crippen molar-refractivity contribution in [3.8, 4) is 5.75 Å². The van der Waals surface area contributed by atoms with Gasteiger partial charge >= 0.3 is 0 Å². The minimum Gasteiger partial charge on any atom is -0.494 e. The molecule has 2 nitrogen and oxygen atoms in total. The molecule has 1 atom stereocenters. The molecule has 2 heteroatoms. The highest BCUT2D eigenvalue weighted by molar-refractivity contribution is 5.31. The molecule has 0 heterocycles. The van der Waals surface area contributed by atoms with E-state index in [2.05, 4.69) is 30.6 Å². The molecular weight excluding hydrogens is 198 g/mol. The lowest BCUT2D eigenvalue weighted by molar-refractivity contribution is 0.239. The minimum atomic E-state index is 0.495. The first-order valence-corrected chi connectivity index (χ1v) is 6.25. The van der Waals surface area contributed by atoms with Crippen molar-refractivity contribution in [1.82, 2.24) is 5.32 Å². The van der Waals surface area contributed by atoms with Crippen LogP contribution in [0.4, 0.5) is 0 Å². The zero-order valence-corrected chi connectivity index (χ0v) is 10.2. The summed E-state index contributed by atoms with van der Waals surface area (Å²) in [5.74, 6) is 1.79. The molecule has 16 heavy (non-hydrogen) atoms. The van der Waals surface area contributed by atoms with Crippen molar-refractivity contribution >= 4 is 0 Å². The molecule has 0 aromatic heterocycles. The van der Waals surface area contributed by atoms with Gasteiger partial charge in [0.15, 0.2) is 0 Å². The molecular formula is C14H21NO. The van der Waals surface area contributed by atoms with Crippen LogP contribution in [-0.4, -0.2) is 13.7 Å². The van der Waals surface area contributed by atoms with Crippen molar-refractivity contribution in [2.24, 2.45) is 5.92 Å². The minimum absolute atomic E-state index is 0.495. The second-order valence-corrected chi connectivity index (χ2v) is 4.46. The molecule has 0 amide bonds. The van der Waals surface area contributed by atoms with Crippen LogP contribution in [-0.2, 0) is 0 Å². The maximum Gasteiger partial charge on any atom is 0.119 e. The molecule has 1 aromatic rings. The summed E-state index contributed by atoms with van der Waals surface area (Å²) in [7, 11) is 2.05. The summed E-state index contributed by atoms with van der Waals surface area (Å²) in [6.45, 7) is 2.76. The normalized spacial score (nSPS) is 17.9. The smallest absolute Gasteiger partial charge is 0.119 e. The van der Waals surface area contributed by atoms with Crippen LogP contribution in [0.1, 0.15) is 37.8 Å². The van der Waals surface area contributed by atoms with Gasteiger partial charge in [0.1, 0.15) is 5.75 Å². The summed E-state index contributed by atoms with van der Waals surface area (Å²) in [4.78, 5) is 0. The lowest BCUT2D eigenvalue weighted by atomic mass is 9.77. The fourth-order valence-electron chi connectivity index (χ4n) is 2.41. The molecule has 1 fully saturated rings. The van der Waals surface area contributed by atoms with Crippen molar-refractivity contribution in [3.05, 3.63) is 29.8 Å². The standard InChI is InChI=1S/C14H21NO/c1-3-16-13-9-5-8-12(10-13)14(15-2)11-6-4-7-11/h5,8-11,14-15H,3-4,6-7H2,1-2H3. The van der Waals surface area contributed by atoms with Crippen LogP contribution in [0.2, 0.25) is 0 Å². The van der Waals surface area contributed by atoms with Gasteiger partial charge in [0.2, 0.25) is 0 Å². The molecule has 1 aliphatic carbocycles. The number of ether oxygens (including phenoxy) is 1. The Bertz CT molecular complexity index is 333. The Morgan fingerprint density at radius 3 is 2.81 bits per heavy atom. The zero-order chi connectivity index (χ0) is 11.4. The molecule has 1 unspecified atom stereocenters. The average Bonchev–Trinajstić information content (AvgIpc) is 2.24. The van der Waals surface area contributed by atoms with Crippen molar-refractivity contribution in [1.29, 1.82) is 0 Å². The van der Waals surface area contributed by atoms with Gasteiger partial charge in [-0.2, -0.15) is 0 Å². The van der Waals surface area contributed by atoms with Gasteiger partial charge in [-0.25, -0.2) is 0 Å². The fourth-order valence-corrected chi connectivity index (χ4v) is 2.41. The number of nitrogens with one attached hydrogen (secondary N) is 1. The highest BCUT2D eigenvalue weighted by Crippen LogP contribution is 2.38. The highest BCUT2D eigenvalue weighted by atomic mass is 16.5. The first kappa shape index (κ1) is 11.5. The monoisotopic (exact) mass is 219 g/mol. The van der Waals surface area contributed by atoms with E-state index < -0.39 is 0 Å². The van der Waals surface area contributed by atoms with E-state index in [-0.39, 0.29) is 0 Å². The Morgan fingerprint density at radius 1 is 1.44 bits per heavy atom. The number of hydrogen-bond acceptors (Lipinski definition) is 2. The van der Waals surface area contributed by atoms with Gasteiger partial charge < -0.3 is 10.1 Å². The van der Waals surface area contributed by atoms with Crippen molar-refractivity contribution in [3.63, 3.8) is 0 Å². The molecule has 2 rings (SSSR count). The van der Waals surface area contributed by atoms with E-state index in [1.165, 1.54) is 24.8 Å². The molecule has 1 aliphatic rings. The van der Waals surface area contributed by atoms with Gasteiger partial charge in [-0.05, 0) is 50.4 Å². The van der Waals surface area contributed by atoms with Crippen molar-refractivity contribution in [2.45, 2.75) is 32.2 Å². The lowest BCUT2D eigenvalue weighted by Crippen LogP contribution is -2.29. The van der Waals surface area contributed by atoms with E-state index in [4.69, 9.17) is 4.74 Å². The van der Waals surface area contributed by atoms with E-state index in [0.29, 0.717) is 6.04 Å². The number of benzene rings is 1. The van der Waals surface area contributed by atoms with Crippen LogP contribution < -0.4 is 10.1 Å². The van der Waals surface area contributed by atoms with Gasteiger partial charge in [-0.15, -0.1) is 0 Å². The number of hydrogen-bond donors (Lipinski definition) is 1. The Balaban J connectivity index is 2.13. The summed E-state index contributed by atoms with van der Waals surface area (Å²) in [5, 5.41) is 3.43. The van der Waals surface area contributed by atoms with E-state index in [9.17, 15) is 0 Å². The first-order valence-electron chi connectivity index (χ1n) is 6.25. The van der Waals surface area contributed by atoms with Crippen LogP contribution in [0, 0.1) is 5.92 Å². The largest absolute Gasteiger partial charge is 0.494 e. The average molecular weight is 219 g/mol. The van der Waals surface area contributed by atoms with Crippen LogP contribution in [0.15, 0.2) is 24.3 Å². The van der Waals surface area contributed by atoms with E-state index >= 15 is 0 Å². The molecule has 88 valence electrons. The van der Waals surface area contributed by atoms with E-state index in [1.807, 2.05) is 13.0 Å². The zero-order valence-electron chi connectivity index (χ0n) is 10.2. The van der Waals surface area contributed by atoms with E-state index in [1.54, 1.807) is 0 Å². The first-order chi connectivity index (χ1) is 7.85. The molecule has 0 radical (unpaired) electrons. The van der Waals surface area contributed by atoms with Crippen molar-refractivity contribution < 1.29 is 4.74 Å². The third-order valence-corrected chi connectivity index (χ3v) is 3.46. The van der Waals surface area contributed by atoms with Crippen LogP contribution in [0.5, 0.6) is 5.75 Å². The van der Waals surface area contributed by atoms with Gasteiger partial charge in [0.05, 0.1) is 6.61 Å². The Hall–Kier alpha value is -1.02. The summed E-state index contributed by atoms with van der Waals surface area (Å²) in [6, 6.07) is 8.98. The predicted octanol–water partition coefficient (Wildman–Crippen LogP) is 3.15. The second kappa shape index (κ2) is 5.35. The van der Waals surface area contributed by atoms with E-state index in [0.717, 1.165) is 18.3 Å². The highest BCUT2D eigenvalue weighted by Gasteiger charge is 2.27. The van der Waals surface area contributed by atoms with Gasteiger partial charge in [0, 0.05) is 6.04 Å². The van der Waals surface area contributed by atoms with Crippen LogP contribution in [0.25, 0.3) is 0 Å². The molecule has 1 N–H and O–H groups in total. The Labute approximate surface area is 98.0 Å². The quantitative estimate of drug-likeness (QED) is 0.821. The molecule has 1 saturated carbocycles. The number of rotatable bonds is 5. The third-order valence-electron chi connectivity index (χ3n) is 3.46. The van der Waals surface area contributed by atoms with Gasteiger partial charge in [-0.1, -0.05) is 18.6 Å². The molecule has 0 saturated heterocycles.